The summed E-state index contributed by atoms with van der Waals surface area (Å²) in [5.41, 5.74) is 1.03. The van der Waals surface area contributed by atoms with Gasteiger partial charge < -0.3 is 25.3 Å². The third-order valence-corrected chi connectivity index (χ3v) is 3.58. The molecule has 2 rings (SSSR count). The zero-order valence-corrected chi connectivity index (χ0v) is 12.3. The molecule has 1 aromatic carbocycles. The van der Waals surface area contributed by atoms with Gasteiger partial charge in [0.05, 0.1) is 0 Å². The van der Waals surface area contributed by atoms with Crippen LogP contribution in [0.3, 0.4) is 0 Å². The average molecular weight is 305 g/mol. The number of carboxylic acid groups (broad SMARTS) is 2. The van der Waals surface area contributed by atoms with E-state index in [1.54, 1.807) is 12.1 Å². The van der Waals surface area contributed by atoms with Gasteiger partial charge in [-0.2, -0.15) is 0 Å². The van der Waals surface area contributed by atoms with Crippen molar-refractivity contribution in [2.24, 2.45) is 0 Å². The van der Waals surface area contributed by atoms with Crippen molar-refractivity contribution in [3.05, 3.63) is 36.0 Å². The Labute approximate surface area is 128 Å². The maximum absolute atomic E-state index is 10.7. The van der Waals surface area contributed by atoms with E-state index >= 15 is 0 Å². The van der Waals surface area contributed by atoms with E-state index in [-0.39, 0.29) is 0 Å². The number of nitrogens with zero attached hydrogens (tertiary/aromatic N) is 2. The van der Waals surface area contributed by atoms with Crippen LogP contribution in [0.4, 0.5) is 11.4 Å². The van der Waals surface area contributed by atoms with Gasteiger partial charge in [-0.1, -0.05) is 0 Å². The summed E-state index contributed by atoms with van der Waals surface area (Å²) in [4.78, 5) is 26.1. The molecule has 0 spiro atoms. The average Bonchev–Trinajstić information content (AvgIpc) is 2.48. The third-order valence-electron chi connectivity index (χ3n) is 3.58. The first-order valence-electron chi connectivity index (χ1n) is 6.94. The molecule has 3 N–H and O–H groups in total. The number of likely N-dealkylation sites (N-methyl/N-ethyl adjacent to an activating group) is 1. The number of benzene rings is 1. The summed E-state index contributed by atoms with van der Waals surface area (Å²) in [5, 5.41) is 20.2. The van der Waals surface area contributed by atoms with Crippen LogP contribution in [0.5, 0.6) is 0 Å². The number of carbonyl (C=O) groups is 2. The number of hydrogen-bond donors (Lipinski definition) is 3. The maximum Gasteiger partial charge on any atom is 0.344 e. The Morgan fingerprint density at radius 1 is 1.05 bits per heavy atom. The highest BCUT2D eigenvalue weighted by molar-refractivity contribution is 6.12. The molecular formula is C15H19N3O4. The first-order valence-corrected chi connectivity index (χ1v) is 6.94. The van der Waals surface area contributed by atoms with E-state index in [2.05, 4.69) is 22.2 Å². The molecule has 0 unspecified atom stereocenters. The number of rotatable bonds is 5. The molecule has 0 radical (unpaired) electrons. The highest BCUT2D eigenvalue weighted by Gasteiger charge is 2.16. The van der Waals surface area contributed by atoms with Crippen molar-refractivity contribution < 1.29 is 19.8 Å². The first kappa shape index (κ1) is 15.8. The van der Waals surface area contributed by atoms with E-state index < -0.39 is 17.5 Å². The Morgan fingerprint density at radius 2 is 1.59 bits per heavy atom. The lowest BCUT2D eigenvalue weighted by Crippen LogP contribution is -2.44. The summed E-state index contributed by atoms with van der Waals surface area (Å²) in [6, 6.07) is 7.46. The molecule has 1 fully saturated rings. The second-order valence-electron chi connectivity index (χ2n) is 5.15. The molecule has 1 aromatic rings. The molecule has 0 amide bonds. The molecule has 0 bridgehead atoms. The van der Waals surface area contributed by atoms with Crippen molar-refractivity contribution in [3.63, 3.8) is 0 Å². The zero-order chi connectivity index (χ0) is 16.1. The molecule has 1 aliphatic heterocycles. The zero-order valence-electron chi connectivity index (χ0n) is 12.3. The van der Waals surface area contributed by atoms with E-state index in [9.17, 15) is 9.59 Å². The van der Waals surface area contributed by atoms with Gasteiger partial charge in [0, 0.05) is 43.8 Å². The van der Waals surface area contributed by atoms with Crippen LogP contribution in [0.2, 0.25) is 0 Å². The van der Waals surface area contributed by atoms with Crippen LogP contribution in [0, 0.1) is 0 Å². The predicted octanol–water partition coefficient (Wildman–Crippen LogP) is 0.903. The van der Waals surface area contributed by atoms with Gasteiger partial charge in [-0.3, -0.25) is 0 Å². The summed E-state index contributed by atoms with van der Waals surface area (Å²) in [7, 11) is 2.10. The molecule has 0 atom stereocenters. The van der Waals surface area contributed by atoms with Gasteiger partial charge in [0.1, 0.15) is 0 Å². The van der Waals surface area contributed by atoms with Gasteiger partial charge in [0.25, 0.3) is 0 Å². The maximum atomic E-state index is 10.7. The van der Waals surface area contributed by atoms with Crippen LogP contribution in [0.25, 0.3) is 0 Å². The standard InChI is InChI=1S/C15H19N3O4/c1-17-6-8-18(9-7-17)12-4-2-11(3-5-12)16-10-13(14(19)20)15(21)22/h2-5,10,16H,6-9H2,1H3,(H,19,20)(H,21,22). The lowest BCUT2D eigenvalue weighted by molar-refractivity contribution is -0.140. The normalized spacial score (nSPS) is 15.2. The van der Waals surface area contributed by atoms with Crippen LogP contribution in [-0.4, -0.2) is 60.3 Å². The van der Waals surface area contributed by atoms with Gasteiger partial charge in [-0.25, -0.2) is 9.59 Å². The minimum absolute atomic E-state index is 0.637. The highest BCUT2D eigenvalue weighted by Crippen LogP contribution is 2.19. The smallest absolute Gasteiger partial charge is 0.344 e. The molecule has 0 aromatic heterocycles. The van der Waals surface area contributed by atoms with E-state index in [0.717, 1.165) is 38.1 Å². The molecule has 0 saturated carbocycles. The van der Waals surface area contributed by atoms with Crippen molar-refractivity contribution in [1.29, 1.82) is 0 Å². The number of carboxylic acids is 2. The van der Waals surface area contributed by atoms with E-state index in [0.29, 0.717) is 5.69 Å². The molecule has 22 heavy (non-hydrogen) atoms. The van der Waals surface area contributed by atoms with Crippen molar-refractivity contribution in [1.82, 2.24) is 4.90 Å². The van der Waals surface area contributed by atoms with Crippen LogP contribution < -0.4 is 10.2 Å². The summed E-state index contributed by atoms with van der Waals surface area (Å²) in [6.45, 7) is 3.96. The van der Waals surface area contributed by atoms with Crippen molar-refractivity contribution >= 4 is 23.3 Å². The second kappa shape index (κ2) is 6.95. The SMILES string of the molecule is CN1CCN(c2ccc(NC=C(C(=O)O)C(=O)O)cc2)CC1. The Balaban J connectivity index is 2.01. The number of aliphatic carboxylic acids is 2. The van der Waals surface area contributed by atoms with E-state index in [1.807, 2.05) is 12.1 Å². The topological polar surface area (TPSA) is 93.1 Å². The summed E-state index contributed by atoms with van der Waals surface area (Å²) >= 11 is 0. The lowest BCUT2D eigenvalue weighted by atomic mass is 10.2. The third kappa shape index (κ3) is 3.98. The van der Waals surface area contributed by atoms with Gasteiger partial charge in [0.15, 0.2) is 5.57 Å². The van der Waals surface area contributed by atoms with Gasteiger partial charge in [-0.05, 0) is 31.3 Å². The van der Waals surface area contributed by atoms with Gasteiger partial charge >= 0.3 is 11.9 Å². The molecule has 1 saturated heterocycles. The Kier molecular flexibility index (Phi) is 5.00. The second-order valence-corrected chi connectivity index (χ2v) is 5.15. The molecule has 0 aliphatic carbocycles. The summed E-state index contributed by atoms with van der Waals surface area (Å²) < 4.78 is 0. The Morgan fingerprint density at radius 3 is 2.09 bits per heavy atom. The Hall–Kier alpha value is -2.54. The van der Waals surface area contributed by atoms with Crippen molar-refractivity contribution in [3.8, 4) is 0 Å². The van der Waals surface area contributed by atoms with Crippen LogP contribution >= 0.6 is 0 Å². The number of nitrogens with one attached hydrogen (secondary N) is 1. The number of anilines is 2. The predicted molar refractivity (Wildman–Crippen MR) is 83.1 cm³/mol. The molecular weight excluding hydrogens is 286 g/mol. The minimum atomic E-state index is -1.48. The molecule has 1 aliphatic rings. The summed E-state index contributed by atoms with van der Waals surface area (Å²) in [6.07, 6.45) is 0.982. The molecule has 7 nitrogen and oxygen atoms in total. The van der Waals surface area contributed by atoms with Crippen LogP contribution in [0.15, 0.2) is 36.0 Å². The monoisotopic (exact) mass is 305 g/mol. The molecule has 1 heterocycles. The number of piperazine rings is 1. The first-order chi connectivity index (χ1) is 10.5. The van der Waals surface area contributed by atoms with Crippen molar-refractivity contribution in [2.45, 2.75) is 0 Å². The quantitative estimate of drug-likeness (QED) is 0.423. The van der Waals surface area contributed by atoms with Crippen LogP contribution in [-0.2, 0) is 9.59 Å². The molecule has 118 valence electrons. The molecule has 7 heteroatoms. The fourth-order valence-corrected chi connectivity index (χ4v) is 2.20. The highest BCUT2D eigenvalue weighted by atomic mass is 16.4. The van der Waals surface area contributed by atoms with Gasteiger partial charge in [0.2, 0.25) is 0 Å². The number of hydrogen-bond acceptors (Lipinski definition) is 5. The largest absolute Gasteiger partial charge is 0.477 e. The van der Waals surface area contributed by atoms with E-state index in [4.69, 9.17) is 10.2 Å². The lowest BCUT2D eigenvalue weighted by Gasteiger charge is -2.34. The Bertz CT molecular complexity index is 559. The van der Waals surface area contributed by atoms with Crippen molar-refractivity contribution in [2.75, 3.05) is 43.4 Å². The summed E-state index contributed by atoms with van der Waals surface area (Å²) in [5.74, 6) is -2.96. The van der Waals surface area contributed by atoms with Crippen LogP contribution in [0.1, 0.15) is 0 Å². The minimum Gasteiger partial charge on any atom is -0.477 e. The fraction of sp³-hybridized carbons (Fsp3) is 0.333. The van der Waals surface area contributed by atoms with Gasteiger partial charge in [-0.15, -0.1) is 0 Å². The van der Waals surface area contributed by atoms with E-state index in [1.165, 1.54) is 0 Å². The fourth-order valence-electron chi connectivity index (χ4n) is 2.20.